The van der Waals surface area contributed by atoms with Crippen LogP contribution in [0.1, 0.15) is 31.2 Å². The van der Waals surface area contributed by atoms with E-state index >= 15 is 0 Å². The average molecular weight is 273 g/mol. The highest BCUT2D eigenvalue weighted by Gasteiger charge is 2.44. The molecule has 1 aromatic carbocycles. The van der Waals surface area contributed by atoms with Crippen LogP contribution >= 0.6 is 0 Å². The van der Waals surface area contributed by atoms with Gasteiger partial charge in [-0.3, -0.25) is 0 Å². The molecule has 3 rings (SSSR count). The molecule has 5 nitrogen and oxygen atoms in total. The summed E-state index contributed by atoms with van der Waals surface area (Å²) >= 11 is 0. The van der Waals surface area contributed by atoms with Gasteiger partial charge >= 0.3 is 0 Å². The summed E-state index contributed by atoms with van der Waals surface area (Å²) < 4.78 is 10.8. The van der Waals surface area contributed by atoms with E-state index < -0.39 is 5.54 Å². The van der Waals surface area contributed by atoms with Gasteiger partial charge in [0.25, 0.3) is 0 Å². The fourth-order valence-electron chi connectivity index (χ4n) is 2.39. The van der Waals surface area contributed by atoms with Gasteiger partial charge in [-0.2, -0.15) is 4.98 Å². The Hall–Kier alpha value is -1.88. The third kappa shape index (κ3) is 2.18. The zero-order valence-electron chi connectivity index (χ0n) is 12.0. The third-order valence-electron chi connectivity index (χ3n) is 3.91. The van der Waals surface area contributed by atoms with Gasteiger partial charge in [0.2, 0.25) is 11.7 Å². The average Bonchev–Trinajstić information content (AvgIpc) is 3.17. The van der Waals surface area contributed by atoms with Crippen molar-refractivity contribution < 1.29 is 9.26 Å². The zero-order valence-corrected chi connectivity index (χ0v) is 12.0. The first kappa shape index (κ1) is 13.1. The summed E-state index contributed by atoms with van der Waals surface area (Å²) in [7, 11) is 1.64. The van der Waals surface area contributed by atoms with Crippen molar-refractivity contribution >= 4 is 0 Å². The minimum Gasteiger partial charge on any atom is -0.496 e. The van der Waals surface area contributed by atoms with Gasteiger partial charge in [0, 0.05) is 0 Å². The van der Waals surface area contributed by atoms with Crippen molar-refractivity contribution in [2.24, 2.45) is 11.7 Å². The molecule has 1 heterocycles. The number of methoxy groups -OCH3 is 1. The van der Waals surface area contributed by atoms with E-state index in [1.165, 1.54) is 0 Å². The predicted octanol–water partition coefficient (Wildman–Crippen LogP) is 2.64. The van der Waals surface area contributed by atoms with Gasteiger partial charge < -0.3 is 15.0 Å². The SMILES string of the molecule is COc1cc(C)ccc1-c1noc(C(C)(N)C2CC2)n1. The van der Waals surface area contributed by atoms with Gasteiger partial charge in [-0.1, -0.05) is 11.2 Å². The molecule has 0 spiro atoms. The summed E-state index contributed by atoms with van der Waals surface area (Å²) in [5, 5.41) is 4.06. The summed E-state index contributed by atoms with van der Waals surface area (Å²) in [5.41, 5.74) is 7.70. The second kappa shape index (κ2) is 4.59. The van der Waals surface area contributed by atoms with Crippen LogP contribution in [0.15, 0.2) is 22.7 Å². The molecule has 0 radical (unpaired) electrons. The van der Waals surface area contributed by atoms with E-state index in [0.717, 1.165) is 29.7 Å². The van der Waals surface area contributed by atoms with Crippen molar-refractivity contribution in [3.8, 4) is 17.1 Å². The lowest BCUT2D eigenvalue weighted by atomic mass is 9.97. The molecule has 1 atom stereocenters. The molecule has 20 heavy (non-hydrogen) atoms. The highest BCUT2D eigenvalue weighted by Crippen LogP contribution is 2.43. The molecule has 5 heteroatoms. The van der Waals surface area contributed by atoms with Crippen molar-refractivity contribution in [2.75, 3.05) is 7.11 Å². The number of aryl methyl sites for hydroxylation is 1. The topological polar surface area (TPSA) is 74.2 Å². The van der Waals surface area contributed by atoms with Gasteiger partial charge in [-0.15, -0.1) is 0 Å². The lowest BCUT2D eigenvalue weighted by Gasteiger charge is -2.18. The third-order valence-corrected chi connectivity index (χ3v) is 3.91. The molecule has 1 fully saturated rings. The Balaban J connectivity index is 1.98. The molecule has 0 aliphatic heterocycles. The molecule has 2 N–H and O–H groups in total. The Labute approximate surface area is 118 Å². The first-order chi connectivity index (χ1) is 9.52. The first-order valence-corrected chi connectivity index (χ1v) is 6.80. The summed E-state index contributed by atoms with van der Waals surface area (Å²) in [5.74, 6) is 2.20. The molecule has 0 amide bonds. The molecule has 1 aliphatic rings. The fraction of sp³-hybridized carbons (Fsp3) is 0.467. The minimum atomic E-state index is -0.539. The summed E-state index contributed by atoms with van der Waals surface area (Å²) in [4.78, 5) is 4.47. The van der Waals surface area contributed by atoms with Crippen LogP contribution in [0.25, 0.3) is 11.4 Å². The van der Waals surface area contributed by atoms with E-state index in [9.17, 15) is 0 Å². The number of nitrogens with two attached hydrogens (primary N) is 1. The van der Waals surface area contributed by atoms with E-state index in [-0.39, 0.29) is 0 Å². The van der Waals surface area contributed by atoms with E-state index in [2.05, 4.69) is 10.1 Å². The molecule has 2 aromatic rings. The van der Waals surface area contributed by atoms with Crippen molar-refractivity contribution in [1.29, 1.82) is 0 Å². The molecule has 1 aliphatic carbocycles. The monoisotopic (exact) mass is 273 g/mol. The Kier molecular flexibility index (Phi) is 3.01. The highest BCUT2D eigenvalue weighted by molar-refractivity contribution is 5.64. The van der Waals surface area contributed by atoms with E-state index in [1.54, 1.807) is 7.11 Å². The van der Waals surface area contributed by atoms with E-state index in [0.29, 0.717) is 17.6 Å². The van der Waals surface area contributed by atoms with Crippen molar-refractivity contribution in [2.45, 2.75) is 32.2 Å². The van der Waals surface area contributed by atoms with Gasteiger partial charge in [-0.05, 0) is 50.3 Å². The second-order valence-electron chi connectivity index (χ2n) is 5.68. The van der Waals surface area contributed by atoms with Gasteiger partial charge in [0.05, 0.1) is 18.2 Å². The summed E-state index contributed by atoms with van der Waals surface area (Å²) in [6.07, 6.45) is 2.25. The van der Waals surface area contributed by atoms with Crippen LogP contribution in [-0.2, 0) is 5.54 Å². The quantitative estimate of drug-likeness (QED) is 0.927. The molecule has 1 saturated carbocycles. The van der Waals surface area contributed by atoms with Crippen LogP contribution in [-0.4, -0.2) is 17.3 Å². The first-order valence-electron chi connectivity index (χ1n) is 6.80. The summed E-state index contributed by atoms with van der Waals surface area (Å²) in [6, 6.07) is 5.89. The number of hydrogen-bond donors (Lipinski definition) is 1. The van der Waals surface area contributed by atoms with Crippen LogP contribution in [0.3, 0.4) is 0 Å². The van der Waals surface area contributed by atoms with Crippen molar-refractivity contribution in [3.05, 3.63) is 29.7 Å². The van der Waals surface area contributed by atoms with Crippen LogP contribution in [0.4, 0.5) is 0 Å². The van der Waals surface area contributed by atoms with Crippen molar-refractivity contribution in [3.63, 3.8) is 0 Å². The van der Waals surface area contributed by atoms with Crippen LogP contribution < -0.4 is 10.5 Å². The molecular weight excluding hydrogens is 254 g/mol. The number of hydrogen-bond acceptors (Lipinski definition) is 5. The Morgan fingerprint density at radius 3 is 2.80 bits per heavy atom. The number of nitrogens with zero attached hydrogens (tertiary/aromatic N) is 2. The Morgan fingerprint density at radius 1 is 1.40 bits per heavy atom. The lowest BCUT2D eigenvalue weighted by Crippen LogP contribution is -2.35. The van der Waals surface area contributed by atoms with E-state index in [1.807, 2.05) is 32.0 Å². The van der Waals surface area contributed by atoms with Crippen LogP contribution in [0.5, 0.6) is 5.75 Å². The standard InChI is InChI=1S/C15H19N3O2/c1-9-4-7-11(12(8-9)19-3)13-17-14(20-18-13)15(2,16)10-5-6-10/h4,7-8,10H,5-6,16H2,1-3H3. The predicted molar refractivity (Wildman–Crippen MR) is 75.3 cm³/mol. The van der Waals surface area contributed by atoms with Gasteiger partial charge in [-0.25, -0.2) is 0 Å². The molecule has 1 unspecified atom stereocenters. The van der Waals surface area contributed by atoms with Gasteiger partial charge in [0.15, 0.2) is 0 Å². The number of aromatic nitrogens is 2. The molecule has 0 bridgehead atoms. The number of rotatable bonds is 4. The smallest absolute Gasteiger partial charge is 0.247 e. The number of benzene rings is 1. The van der Waals surface area contributed by atoms with E-state index in [4.69, 9.17) is 15.0 Å². The maximum atomic E-state index is 6.30. The Morgan fingerprint density at radius 2 is 2.15 bits per heavy atom. The fourth-order valence-corrected chi connectivity index (χ4v) is 2.39. The minimum absolute atomic E-state index is 0.440. The second-order valence-corrected chi connectivity index (χ2v) is 5.68. The summed E-state index contributed by atoms with van der Waals surface area (Å²) in [6.45, 7) is 3.96. The molecule has 0 saturated heterocycles. The van der Waals surface area contributed by atoms with Crippen LogP contribution in [0.2, 0.25) is 0 Å². The maximum Gasteiger partial charge on any atom is 0.247 e. The molecule has 106 valence electrons. The van der Waals surface area contributed by atoms with Crippen molar-refractivity contribution in [1.82, 2.24) is 10.1 Å². The zero-order chi connectivity index (χ0) is 14.3. The largest absolute Gasteiger partial charge is 0.496 e. The Bertz CT molecular complexity index is 630. The number of ether oxygens (including phenoxy) is 1. The highest BCUT2D eigenvalue weighted by atomic mass is 16.5. The van der Waals surface area contributed by atoms with Crippen LogP contribution in [0, 0.1) is 12.8 Å². The molecule has 1 aromatic heterocycles. The maximum absolute atomic E-state index is 6.30. The van der Waals surface area contributed by atoms with Gasteiger partial charge in [0.1, 0.15) is 5.75 Å². The lowest BCUT2D eigenvalue weighted by molar-refractivity contribution is 0.273. The molecular formula is C15H19N3O2. The normalized spacial score (nSPS) is 17.8.